The summed E-state index contributed by atoms with van der Waals surface area (Å²) in [5.41, 5.74) is 13.3. The molecule has 12 rings (SSSR count). The van der Waals surface area contributed by atoms with Gasteiger partial charge in [-0.25, -0.2) is 0 Å². The quantitative estimate of drug-likeness (QED) is 0.0837. The lowest BCUT2D eigenvalue weighted by Crippen LogP contribution is -2.42. The van der Waals surface area contributed by atoms with Crippen LogP contribution in [-0.4, -0.2) is 56.1 Å². The van der Waals surface area contributed by atoms with Gasteiger partial charge in [-0.2, -0.15) is 0 Å². The number of fused-ring (bicyclic) bond motifs is 9. The Bertz CT molecular complexity index is 2900. The maximum atomic E-state index is 11.5. The van der Waals surface area contributed by atoms with Gasteiger partial charge in [0.05, 0.1) is 6.61 Å². The Labute approximate surface area is 459 Å². The molecule has 13 nitrogen and oxygen atoms in total. The number of hydrogen-bond acceptors (Lipinski definition) is 13. The first kappa shape index (κ1) is 54.4. The van der Waals surface area contributed by atoms with Crippen LogP contribution in [0, 0.1) is 32.6 Å². The van der Waals surface area contributed by atoms with Crippen LogP contribution < -0.4 is 47.9 Å². The number of aliphatic hydroxyl groups is 2. The standard InChI is InChI=1S/C22H26O4.C22H24O4.C21H25NO4/c2*1-3-17-9-16(11-23)10-18-19(17)22-21(25-13-26-22)14(2)20(18)24-12-15-7-5-4-6-8-15;1-3-17-18-16(9-15(10-23)22-17)19(13(2)20-21(18)26-12-25-20)24-11-14-7-5-4-6-8-14/h4-8,16-17,23H,3,9-13H2,1-2H3;4-8,11,16-17H,3,9-10,12-13H2,1-2H3;4-8,15,17,22-23H,3,9-12H2,1-2H3/t2*16-,17+;15-,17?/m000/s1. The van der Waals surface area contributed by atoms with Crippen molar-refractivity contribution in [1.82, 2.24) is 5.32 Å². The molecule has 4 aliphatic heterocycles. The second-order valence-corrected chi connectivity index (χ2v) is 21.3. The summed E-state index contributed by atoms with van der Waals surface area (Å²) in [6, 6.07) is 30.6. The average molecular weight is 1060 g/mol. The number of hydrogen-bond donors (Lipinski definition) is 3. The van der Waals surface area contributed by atoms with Crippen molar-refractivity contribution in [2.45, 2.75) is 137 Å². The fraction of sp³-hybridized carbons (Fsp3) is 0.431. The van der Waals surface area contributed by atoms with Crippen LogP contribution >= 0.6 is 0 Å². The molecule has 1 unspecified atom stereocenters. The molecule has 3 N–H and O–H groups in total. The first-order chi connectivity index (χ1) is 38.2. The van der Waals surface area contributed by atoms with Gasteiger partial charge < -0.3 is 63.0 Å². The number of aliphatic hydroxyl groups excluding tert-OH is 2. The number of aldehydes is 1. The van der Waals surface area contributed by atoms with E-state index in [2.05, 4.69) is 62.5 Å². The number of ether oxygens (including phenoxy) is 9. The third-order valence-electron chi connectivity index (χ3n) is 16.4. The summed E-state index contributed by atoms with van der Waals surface area (Å²) < 4.78 is 53.7. The molecule has 4 heterocycles. The van der Waals surface area contributed by atoms with Crippen LogP contribution in [0.3, 0.4) is 0 Å². The summed E-state index contributed by atoms with van der Waals surface area (Å²) in [4.78, 5) is 11.5. The van der Waals surface area contributed by atoms with E-state index in [1.165, 1.54) is 16.7 Å². The first-order valence-corrected chi connectivity index (χ1v) is 28.0. The van der Waals surface area contributed by atoms with Crippen LogP contribution in [0.5, 0.6) is 51.7 Å². The van der Waals surface area contributed by atoms with Crippen molar-refractivity contribution >= 4 is 6.29 Å². The molecule has 6 atom stereocenters. The highest BCUT2D eigenvalue weighted by atomic mass is 16.7. The second-order valence-electron chi connectivity index (χ2n) is 21.3. The Morgan fingerprint density at radius 2 is 0.897 bits per heavy atom. The molecular weight excluding hydrogens is 987 g/mol. The Kier molecular flexibility index (Phi) is 17.3. The predicted molar refractivity (Wildman–Crippen MR) is 298 cm³/mol. The summed E-state index contributed by atoms with van der Waals surface area (Å²) >= 11 is 0. The molecule has 0 saturated heterocycles. The maximum Gasteiger partial charge on any atom is 0.231 e. The van der Waals surface area contributed by atoms with Crippen LogP contribution in [0.15, 0.2) is 91.0 Å². The number of benzene rings is 6. The Balaban J connectivity index is 0.000000132. The van der Waals surface area contributed by atoms with Crippen LogP contribution in [0.25, 0.3) is 0 Å². The molecule has 0 radical (unpaired) electrons. The van der Waals surface area contributed by atoms with Gasteiger partial charge in [0.15, 0.2) is 34.5 Å². The molecule has 6 aliphatic rings. The van der Waals surface area contributed by atoms with Gasteiger partial charge in [-0.3, -0.25) is 0 Å². The molecular formula is C65H75NO12. The monoisotopic (exact) mass is 1060 g/mol. The molecule has 0 bridgehead atoms. The molecule has 0 fully saturated rings. The number of nitrogens with one attached hydrogen (secondary N) is 1. The van der Waals surface area contributed by atoms with E-state index in [1.54, 1.807) is 0 Å². The van der Waals surface area contributed by atoms with Crippen LogP contribution in [0.2, 0.25) is 0 Å². The normalized spacial score (nSPS) is 20.7. The van der Waals surface area contributed by atoms with E-state index >= 15 is 0 Å². The van der Waals surface area contributed by atoms with Gasteiger partial charge in [0.2, 0.25) is 20.4 Å². The predicted octanol–water partition coefficient (Wildman–Crippen LogP) is 12.2. The van der Waals surface area contributed by atoms with E-state index < -0.39 is 0 Å². The summed E-state index contributed by atoms with van der Waals surface area (Å²) in [7, 11) is 0. The third-order valence-corrected chi connectivity index (χ3v) is 16.4. The van der Waals surface area contributed by atoms with E-state index in [1.807, 2.05) is 75.4 Å². The van der Waals surface area contributed by atoms with Gasteiger partial charge in [0, 0.05) is 74.7 Å². The second kappa shape index (κ2) is 24.8. The lowest BCUT2D eigenvalue weighted by Gasteiger charge is -2.34. The Hall–Kier alpha value is -6.93. The van der Waals surface area contributed by atoms with E-state index in [9.17, 15) is 15.0 Å². The van der Waals surface area contributed by atoms with Gasteiger partial charge >= 0.3 is 0 Å². The van der Waals surface area contributed by atoms with Crippen LogP contribution in [0.4, 0.5) is 0 Å². The highest BCUT2D eigenvalue weighted by Gasteiger charge is 2.40. The molecule has 0 aromatic heterocycles. The molecule has 0 spiro atoms. The minimum absolute atomic E-state index is 0.0197. The van der Waals surface area contributed by atoms with E-state index in [-0.39, 0.29) is 57.5 Å². The van der Waals surface area contributed by atoms with Crippen molar-refractivity contribution in [2.24, 2.45) is 11.8 Å². The van der Waals surface area contributed by atoms with E-state index in [4.69, 9.17) is 42.6 Å². The Morgan fingerprint density at radius 3 is 1.29 bits per heavy atom. The highest BCUT2D eigenvalue weighted by Crippen LogP contribution is 2.56. The number of carbonyl (C=O) groups excluding carboxylic acids is 1. The van der Waals surface area contributed by atoms with E-state index in [0.29, 0.717) is 44.5 Å². The molecule has 2 aliphatic carbocycles. The molecule has 78 heavy (non-hydrogen) atoms. The molecule has 6 aromatic carbocycles. The van der Waals surface area contributed by atoms with Crippen molar-refractivity contribution in [3.05, 3.63) is 158 Å². The average Bonchev–Trinajstić information content (AvgIpc) is 4.46. The summed E-state index contributed by atoms with van der Waals surface area (Å²) in [5, 5.41) is 23.0. The summed E-state index contributed by atoms with van der Waals surface area (Å²) in [6.45, 7) is 15.1. The van der Waals surface area contributed by atoms with Crippen LogP contribution in [0.1, 0.15) is 138 Å². The Morgan fingerprint density at radius 1 is 0.500 bits per heavy atom. The first-order valence-electron chi connectivity index (χ1n) is 28.0. The molecule has 13 heteroatoms. The lowest BCUT2D eigenvalue weighted by molar-refractivity contribution is -0.111. The third kappa shape index (κ3) is 11.1. The zero-order valence-corrected chi connectivity index (χ0v) is 46.0. The van der Waals surface area contributed by atoms with Crippen molar-refractivity contribution < 1.29 is 57.6 Å². The molecule has 6 aromatic rings. The number of carbonyl (C=O) groups is 1. The summed E-state index contributed by atoms with van der Waals surface area (Å²) in [5.74, 6) is 8.60. The molecule has 0 saturated carbocycles. The fourth-order valence-electron chi connectivity index (χ4n) is 12.5. The SMILES string of the molecule is CCC1N[C@H](CO)Cc2c(OCc3ccccc3)c(C)c3c(c21)OCO3.CC[C@@H]1C[C@H](C=O)Cc2c(OCc3ccccc3)c(C)c3c(c21)OCO3.CC[C@@H]1C[C@H](CO)Cc2c(OCc3ccccc3)c(C)c3c(c21)OCO3. The number of rotatable bonds is 15. The van der Waals surface area contributed by atoms with Gasteiger partial charge in [-0.15, -0.1) is 0 Å². The largest absolute Gasteiger partial charge is 0.488 e. The zero-order valence-electron chi connectivity index (χ0n) is 46.0. The molecule has 412 valence electrons. The van der Waals surface area contributed by atoms with Crippen molar-refractivity contribution in [2.75, 3.05) is 33.6 Å². The smallest absolute Gasteiger partial charge is 0.231 e. The van der Waals surface area contributed by atoms with Crippen molar-refractivity contribution in [1.29, 1.82) is 0 Å². The maximum absolute atomic E-state index is 11.5. The minimum Gasteiger partial charge on any atom is -0.488 e. The van der Waals surface area contributed by atoms with Crippen LogP contribution in [-0.2, 0) is 43.9 Å². The van der Waals surface area contributed by atoms with Crippen molar-refractivity contribution in [3.63, 3.8) is 0 Å². The minimum atomic E-state index is 0.0197. The topological polar surface area (TPSA) is 153 Å². The van der Waals surface area contributed by atoms with Gasteiger partial charge in [0.25, 0.3) is 0 Å². The summed E-state index contributed by atoms with van der Waals surface area (Å²) in [6.07, 6.45) is 8.06. The van der Waals surface area contributed by atoms with Gasteiger partial charge in [-0.1, -0.05) is 112 Å². The lowest BCUT2D eigenvalue weighted by atomic mass is 9.74. The van der Waals surface area contributed by atoms with Gasteiger partial charge in [0.1, 0.15) is 43.4 Å². The zero-order chi connectivity index (χ0) is 54.3. The van der Waals surface area contributed by atoms with E-state index in [0.717, 1.165) is 147 Å². The van der Waals surface area contributed by atoms with Gasteiger partial charge in [-0.05, 0) is 107 Å². The fourth-order valence-corrected chi connectivity index (χ4v) is 12.5. The molecule has 0 amide bonds. The van der Waals surface area contributed by atoms with Crippen molar-refractivity contribution in [3.8, 4) is 51.7 Å². The highest BCUT2D eigenvalue weighted by molar-refractivity contribution is 5.69.